The molecular weight excluding hydrogens is 206 g/mol. The molecular formula is C9H14F2N2O2. The lowest BCUT2D eigenvalue weighted by Gasteiger charge is -2.02. The Morgan fingerprint density at radius 1 is 1.60 bits per heavy atom. The number of oxazole rings is 1. The number of hydrogen-bond acceptors (Lipinski definition) is 4. The van der Waals surface area contributed by atoms with E-state index in [2.05, 4.69) is 10.3 Å². The van der Waals surface area contributed by atoms with Crippen LogP contribution in [0.25, 0.3) is 0 Å². The molecule has 0 radical (unpaired) electrons. The first-order valence-electron chi connectivity index (χ1n) is 4.65. The number of halogens is 2. The zero-order valence-corrected chi connectivity index (χ0v) is 8.50. The van der Waals surface area contributed by atoms with E-state index in [-0.39, 0.29) is 6.61 Å². The van der Waals surface area contributed by atoms with Gasteiger partial charge in [-0.25, -0.2) is 13.8 Å². The Morgan fingerprint density at radius 2 is 2.40 bits per heavy atom. The van der Waals surface area contributed by atoms with E-state index < -0.39 is 13.0 Å². The average Bonchev–Trinajstić information content (AvgIpc) is 2.61. The minimum atomic E-state index is -2.42. The van der Waals surface area contributed by atoms with Crippen molar-refractivity contribution in [2.45, 2.75) is 19.4 Å². The third-order valence-corrected chi connectivity index (χ3v) is 1.79. The predicted molar refractivity (Wildman–Crippen MR) is 49.8 cm³/mol. The van der Waals surface area contributed by atoms with Crippen molar-refractivity contribution < 1.29 is 17.9 Å². The number of nitrogens with zero attached hydrogens (tertiary/aromatic N) is 1. The number of nitrogens with one attached hydrogen (secondary N) is 1. The van der Waals surface area contributed by atoms with Crippen molar-refractivity contribution >= 4 is 0 Å². The van der Waals surface area contributed by atoms with Gasteiger partial charge in [0.25, 0.3) is 6.43 Å². The van der Waals surface area contributed by atoms with Gasteiger partial charge in [0.1, 0.15) is 12.4 Å². The topological polar surface area (TPSA) is 47.3 Å². The molecule has 0 spiro atoms. The first kappa shape index (κ1) is 12.1. The molecule has 1 aromatic rings. The van der Waals surface area contributed by atoms with Crippen LogP contribution in [-0.2, 0) is 17.7 Å². The predicted octanol–water partition coefficient (Wildman–Crippen LogP) is 1.22. The summed E-state index contributed by atoms with van der Waals surface area (Å²) < 4.78 is 33.3. The lowest BCUT2D eigenvalue weighted by atomic mass is 10.3. The van der Waals surface area contributed by atoms with Crippen LogP contribution in [0.4, 0.5) is 8.78 Å². The van der Waals surface area contributed by atoms with Gasteiger partial charge in [0.05, 0.1) is 12.3 Å². The smallest absolute Gasteiger partial charge is 0.261 e. The van der Waals surface area contributed by atoms with Gasteiger partial charge in [-0.2, -0.15) is 0 Å². The zero-order chi connectivity index (χ0) is 11.1. The van der Waals surface area contributed by atoms with Crippen LogP contribution in [0.2, 0.25) is 0 Å². The Labute approximate surface area is 86.6 Å². The second kappa shape index (κ2) is 6.47. The van der Waals surface area contributed by atoms with Gasteiger partial charge in [0, 0.05) is 13.0 Å². The van der Waals surface area contributed by atoms with Crippen LogP contribution >= 0.6 is 0 Å². The van der Waals surface area contributed by atoms with Crippen LogP contribution in [0.5, 0.6) is 0 Å². The minimum absolute atomic E-state index is 0.218. The highest BCUT2D eigenvalue weighted by Gasteiger charge is 2.08. The second-order valence-electron chi connectivity index (χ2n) is 2.97. The van der Waals surface area contributed by atoms with Crippen molar-refractivity contribution in [2.24, 2.45) is 0 Å². The average molecular weight is 220 g/mol. The van der Waals surface area contributed by atoms with E-state index in [0.717, 1.165) is 5.69 Å². The molecule has 86 valence electrons. The highest BCUT2D eigenvalue weighted by molar-refractivity contribution is 5.06. The van der Waals surface area contributed by atoms with Crippen LogP contribution in [-0.4, -0.2) is 31.7 Å². The van der Waals surface area contributed by atoms with Crippen LogP contribution < -0.4 is 5.32 Å². The molecule has 0 aliphatic carbocycles. The fourth-order valence-electron chi connectivity index (χ4n) is 1.15. The summed E-state index contributed by atoms with van der Waals surface area (Å²) in [6, 6.07) is 0. The number of alkyl halides is 2. The molecule has 1 heterocycles. The second-order valence-corrected chi connectivity index (χ2v) is 2.97. The molecule has 0 unspecified atom stereocenters. The van der Waals surface area contributed by atoms with Gasteiger partial charge in [0.15, 0.2) is 6.39 Å². The summed E-state index contributed by atoms with van der Waals surface area (Å²) in [5.74, 6) is 0.679. The molecule has 6 heteroatoms. The molecule has 0 atom stereocenters. The van der Waals surface area contributed by atoms with Gasteiger partial charge in [-0.1, -0.05) is 0 Å². The molecule has 0 fully saturated rings. The molecule has 0 saturated carbocycles. The van der Waals surface area contributed by atoms with E-state index in [1.54, 1.807) is 7.05 Å². The van der Waals surface area contributed by atoms with Gasteiger partial charge < -0.3 is 14.5 Å². The molecule has 0 aliphatic heterocycles. The molecule has 1 aromatic heterocycles. The van der Waals surface area contributed by atoms with Crippen molar-refractivity contribution in [3.05, 3.63) is 17.8 Å². The summed E-state index contributed by atoms with van der Waals surface area (Å²) >= 11 is 0. The highest BCUT2D eigenvalue weighted by Crippen LogP contribution is 2.07. The summed E-state index contributed by atoms with van der Waals surface area (Å²) in [5.41, 5.74) is 0.790. The van der Waals surface area contributed by atoms with Crippen LogP contribution in [0, 0.1) is 0 Å². The van der Waals surface area contributed by atoms with Gasteiger partial charge in [-0.05, 0) is 7.05 Å². The van der Waals surface area contributed by atoms with E-state index in [1.165, 1.54) is 6.39 Å². The van der Waals surface area contributed by atoms with E-state index in [0.29, 0.717) is 18.7 Å². The fraction of sp³-hybridized carbons (Fsp3) is 0.667. The largest absolute Gasteiger partial charge is 0.448 e. The molecule has 0 saturated heterocycles. The zero-order valence-electron chi connectivity index (χ0n) is 8.50. The molecule has 0 bridgehead atoms. The normalized spacial score (nSPS) is 11.2. The number of hydrogen-bond donors (Lipinski definition) is 1. The SMILES string of the molecule is CNCc1ncoc1CCOCC(F)F. The van der Waals surface area contributed by atoms with Gasteiger partial charge in [-0.3, -0.25) is 0 Å². The molecule has 15 heavy (non-hydrogen) atoms. The maximum absolute atomic E-state index is 11.7. The monoisotopic (exact) mass is 220 g/mol. The van der Waals surface area contributed by atoms with Crippen LogP contribution in [0.3, 0.4) is 0 Å². The van der Waals surface area contributed by atoms with Crippen LogP contribution in [0.15, 0.2) is 10.8 Å². The van der Waals surface area contributed by atoms with Crippen molar-refractivity contribution in [2.75, 3.05) is 20.3 Å². The molecule has 0 amide bonds. The highest BCUT2D eigenvalue weighted by atomic mass is 19.3. The van der Waals surface area contributed by atoms with Crippen molar-refractivity contribution in [3.8, 4) is 0 Å². The van der Waals surface area contributed by atoms with E-state index in [4.69, 9.17) is 9.15 Å². The lowest BCUT2D eigenvalue weighted by molar-refractivity contribution is 0.0176. The summed E-state index contributed by atoms with van der Waals surface area (Å²) in [5, 5.41) is 2.94. The standard InChI is InChI=1S/C9H14F2N2O2/c1-12-4-7-8(15-6-13-7)2-3-14-5-9(10)11/h6,9,12H,2-5H2,1H3. The van der Waals surface area contributed by atoms with Crippen molar-refractivity contribution in [3.63, 3.8) is 0 Å². The third kappa shape index (κ3) is 4.35. The van der Waals surface area contributed by atoms with E-state index in [9.17, 15) is 8.78 Å². The third-order valence-electron chi connectivity index (χ3n) is 1.79. The maximum Gasteiger partial charge on any atom is 0.261 e. The number of aromatic nitrogens is 1. The Morgan fingerprint density at radius 3 is 3.07 bits per heavy atom. The summed E-state index contributed by atoms with van der Waals surface area (Å²) in [7, 11) is 1.80. The molecule has 0 aromatic carbocycles. The number of ether oxygens (including phenoxy) is 1. The quantitative estimate of drug-likeness (QED) is 0.702. The molecule has 0 aliphatic rings. The summed E-state index contributed by atoms with van der Waals surface area (Å²) in [6.07, 6.45) is -0.615. The Bertz CT molecular complexity index is 279. The van der Waals surface area contributed by atoms with Gasteiger partial charge in [-0.15, -0.1) is 0 Å². The van der Waals surface area contributed by atoms with E-state index in [1.807, 2.05) is 0 Å². The minimum Gasteiger partial charge on any atom is -0.448 e. The van der Waals surface area contributed by atoms with Crippen molar-refractivity contribution in [1.29, 1.82) is 0 Å². The number of rotatable bonds is 7. The van der Waals surface area contributed by atoms with E-state index >= 15 is 0 Å². The molecule has 4 nitrogen and oxygen atoms in total. The summed E-state index contributed by atoms with van der Waals surface area (Å²) in [6.45, 7) is 0.284. The molecule has 1 rings (SSSR count). The van der Waals surface area contributed by atoms with Gasteiger partial charge in [0.2, 0.25) is 0 Å². The Balaban J connectivity index is 2.27. The Hall–Kier alpha value is -1.01. The fourth-order valence-corrected chi connectivity index (χ4v) is 1.15. The van der Waals surface area contributed by atoms with Gasteiger partial charge >= 0.3 is 0 Å². The molecule has 1 N–H and O–H groups in total. The Kier molecular flexibility index (Phi) is 5.20. The van der Waals surface area contributed by atoms with Crippen LogP contribution in [0.1, 0.15) is 11.5 Å². The first-order valence-corrected chi connectivity index (χ1v) is 4.65. The lowest BCUT2D eigenvalue weighted by Crippen LogP contribution is -2.10. The van der Waals surface area contributed by atoms with Crippen molar-refractivity contribution in [1.82, 2.24) is 10.3 Å². The summed E-state index contributed by atoms with van der Waals surface area (Å²) in [4.78, 5) is 3.99. The maximum atomic E-state index is 11.7. The first-order chi connectivity index (χ1) is 7.24.